The average molecular weight is 533 g/mol. The molecule has 1 aliphatic heterocycles. The molecule has 38 heavy (non-hydrogen) atoms. The van der Waals surface area contributed by atoms with Gasteiger partial charge in [-0.25, -0.2) is 14.6 Å². The molecule has 0 aliphatic carbocycles. The predicted octanol–water partition coefficient (Wildman–Crippen LogP) is 2.68. The lowest BCUT2D eigenvalue weighted by molar-refractivity contribution is -0.138. The van der Waals surface area contributed by atoms with Gasteiger partial charge in [0.25, 0.3) is 5.56 Å². The SMILES string of the molecule is C=CCOC(=O)C1=C(C)N=c2sc(=Cc3ccc(OC(C)=O)cc3)c(=O)n2C1c1ccc(C(=O)OC)cc1. The van der Waals surface area contributed by atoms with Crippen molar-refractivity contribution in [2.45, 2.75) is 19.9 Å². The smallest absolute Gasteiger partial charge is 0.338 e. The first-order valence-corrected chi connectivity index (χ1v) is 12.3. The zero-order valence-electron chi connectivity index (χ0n) is 20.9. The highest BCUT2D eigenvalue weighted by molar-refractivity contribution is 7.07. The maximum Gasteiger partial charge on any atom is 0.338 e. The second kappa shape index (κ2) is 11.2. The summed E-state index contributed by atoms with van der Waals surface area (Å²) in [5, 5.41) is 0. The van der Waals surface area contributed by atoms with Gasteiger partial charge in [0.15, 0.2) is 4.80 Å². The average Bonchev–Trinajstić information content (AvgIpc) is 3.21. The standard InChI is InChI=1S/C28H24N2O7S/c1-5-14-36-27(34)23-16(2)29-28-30(24(23)19-8-10-20(11-9-19)26(33)35-4)25(32)22(38-28)15-18-6-12-21(13-7-18)37-17(3)31/h5-13,15,24H,1,14H2,2-4H3. The quantitative estimate of drug-likeness (QED) is 0.261. The third-order valence-corrected chi connectivity index (χ3v) is 6.64. The van der Waals surface area contributed by atoms with Crippen LogP contribution in [0.1, 0.15) is 41.4 Å². The first kappa shape index (κ1) is 26.5. The van der Waals surface area contributed by atoms with E-state index in [-0.39, 0.29) is 17.7 Å². The molecule has 9 nitrogen and oxygen atoms in total. The second-order valence-corrected chi connectivity index (χ2v) is 9.25. The predicted molar refractivity (Wildman–Crippen MR) is 140 cm³/mol. The fourth-order valence-corrected chi connectivity index (χ4v) is 5.03. The van der Waals surface area contributed by atoms with E-state index in [1.807, 2.05) is 0 Å². The number of methoxy groups -OCH3 is 1. The molecule has 0 radical (unpaired) electrons. The molecule has 4 rings (SSSR count). The Morgan fingerprint density at radius 1 is 1.08 bits per heavy atom. The molecule has 1 atom stereocenters. The number of esters is 3. The van der Waals surface area contributed by atoms with Crippen LogP contribution >= 0.6 is 11.3 Å². The summed E-state index contributed by atoms with van der Waals surface area (Å²) < 4.78 is 17.0. The molecule has 2 aromatic carbocycles. The highest BCUT2D eigenvalue weighted by atomic mass is 32.1. The van der Waals surface area contributed by atoms with Crippen molar-refractivity contribution < 1.29 is 28.6 Å². The van der Waals surface area contributed by atoms with E-state index in [1.54, 1.807) is 61.5 Å². The van der Waals surface area contributed by atoms with E-state index in [0.717, 1.165) is 0 Å². The summed E-state index contributed by atoms with van der Waals surface area (Å²) in [7, 11) is 1.29. The number of rotatable bonds is 7. The van der Waals surface area contributed by atoms with Crippen molar-refractivity contribution in [3.63, 3.8) is 0 Å². The number of allylic oxidation sites excluding steroid dienone is 1. The fraction of sp³-hybridized carbons (Fsp3) is 0.179. The number of hydrogen-bond acceptors (Lipinski definition) is 9. The first-order chi connectivity index (χ1) is 18.2. The summed E-state index contributed by atoms with van der Waals surface area (Å²) in [5.74, 6) is -1.16. The van der Waals surface area contributed by atoms with E-state index in [1.165, 1.54) is 36.0 Å². The van der Waals surface area contributed by atoms with Crippen molar-refractivity contribution in [1.82, 2.24) is 4.57 Å². The number of carbonyl (C=O) groups is 3. The summed E-state index contributed by atoms with van der Waals surface area (Å²) in [6, 6.07) is 12.4. The molecule has 0 saturated heterocycles. The van der Waals surface area contributed by atoms with Crippen LogP contribution < -0.4 is 19.6 Å². The van der Waals surface area contributed by atoms with Gasteiger partial charge >= 0.3 is 17.9 Å². The van der Waals surface area contributed by atoms with E-state index >= 15 is 0 Å². The highest BCUT2D eigenvalue weighted by Crippen LogP contribution is 2.31. The minimum atomic E-state index is -0.830. The van der Waals surface area contributed by atoms with Crippen LogP contribution in [-0.4, -0.2) is 36.2 Å². The molecule has 3 aromatic rings. The third kappa shape index (κ3) is 5.40. The first-order valence-electron chi connectivity index (χ1n) is 11.5. The Labute approximate surface area is 221 Å². The van der Waals surface area contributed by atoms with Gasteiger partial charge in [-0.3, -0.25) is 14.2 Å². The van der Waals surface area contributed by atoms with Crippen LogP contribution in [0.4, 0.5) is 0 Å². The van der Waals surface area contributed by atoms with Crippen molar-refractivity contribution in [3.05, 3.63) is 109 Å². The van der Waals surface area contributed by atoms with E-state index in [2.05, 4.69) is 11.6 Å². The van der Waals surface area contributed by atoms with Gasteiger partial charge in [-0.1, -0.05) is 48.3 Å². The van der Waals surface area contributed by atoms with Gasteiger partial charge in [-0.2, -0.15) is 0 Å². The lowest BCUT2D eigenvalue weighted by Gasteiger charge is -2.24. The number of carbonyl (C=O) groups excluding carboxylic acids is 3. The molecule has 1 unspecified atom stereocenters. The normalized spacial score (nSPS) is 14.8. The van der Waals surface area contributed by atoms with Crippen molar-refractivity contribution in [2.75, 3.05) is 13.7 Å². The molecule has 0 saturated carbocycles. The van der Waals surface area contributed by atoms with Gasteiger partial charge < -0.3 is 14.2 Å². The number of fused-ring (bicyclic) bond motifs is 1. The largest absolute Gasteiger partial charge is 0.465 e. The molecule has 0 fully saturated rings. The number of benzene rings is 2. The molecular formula is C28H24N2O7S. The minimum absolute atomic E-state index is 0.00261. The molecule has 1 aromatic heterocycles. The summed E-state index contributed by atoms with van der Waals surface area (Å²) in [6.45, 7) is 6.58. The number of nitrogens with zero attached hydrogens (tertiary/aromatic N) is 2. The van der Waals surface area contributed by atoms with E-state index in [9.17, 15) is 19.2 Å². The van der Waals surface area contributed by atoms with Gasteiger partial charge in [-0.15, -0.1) is 0 Å². The van der Waals surface area contributed by atoms with Gasteiger partial charge in [-0.05, 0) is 48.4 Å². The summed E-state index contributed by atoms with van der Waals surface area (Å²) >= 11 is 1.18. The van der Waals surface area contributed by atoms with Gasteiger partial charge in [0.05, 0.1) is 34.5 Å². The minimum Gasteiger partial charge on any atom is -0.465 e. The Hall–Kier alpha value is -4.57. The Balaban J connectivity index is 1.84. The van der Waals surface area contributed by atoms with Crippen molar-refractivity contribution in [1.29, 1.82) is 0 Å². The maximum absolute atomic E-state index is 13.7. The molecule has 0 N–H and O–H groups in total. The molecular weight excluding hydrogens is 508 g/mol. The Bertz CT molecular complexity index is 1630. The lowest BCUT2D eigenvalue weighted by atomic mass is 9.95. The van der Waals surface area contributed by atoms with Crippen LogP contribution in [0.15, 0.2) is 82.2 Å². The fourth-order valence-electron chi connectivity index (χ4n) is 3.98. The third-order valence-electron chi connectivity index (χ3n) is 5.66. The topological polar surface area (TPSA) is 113 Å². The van der Waals surface area contributed by atoms with Crippen molar-refractivity contribution in [2.24, 2.45) is 4.99 Å². The highest BCUT2D eigenvalue weighted by Gasteiger charge is 2.33. The van der Waals surface area contributed by atoms with Crippen molar-refractivity contribution in [3.8, 4) is 5.75 Å². The number of aromatic nitrogens is 1. The molecule has 0 spiro atoms. The number of hydrogen-bond donors (Lipinski definition) is 0. The van der Waals surface area contributed by atoms with Crippen LogP contribution in [0.25, 0.3) is 6.08 Å². The van der Waals surface area contributed by atoms with Crippen molar-refractivity contribution >= 4 is 35.3 Å². The van der Waals surface area contributed by atoms with Crippen LogP contribution in [0, 0.1) is 0 Å². The molecule has 0 bridgehead atoms. The second-order valence-electron chi connectivity index (χ2n) is 8.25. The Kier molecular flexibility index (Phi) is 7.82. The van der Waals surface area contributed by atoms with E-state index in [4.69, 9.17) is 14.2 Å². The van der Waals surface area contributed by atoms with Crippen LogP contribution in [0.3, 0.4) is 0 Å². The summed E-state index contributed by atoms with van der Waals surface area (Å²) in [6.07, 6.45) is 3.16. The lowest BCUT2D eigenvalue weighted by Crippen LogP contribution is -2.40. The Morgan fingerprint density at radius 3 is 2.37 bits per heavy atom. The molecule has 194 valence electrons. The van der Waals surface area contributed by atoms with Crippen LogP contribution in [-0.2, 0) is 19.1 Å². The molecule has 2 heterocycles. The van der Waals surface area contributed by atoms with E-state index in [0.29, 0.717) is 37.5 Å². The zero-order chi connectivity index (χ0) is 27.4. The van der Waals surface area contributed by atoms with Crippen LogP contribution in [0.2, 0.25) is 0 Å². The summed E-state index contributed by atoms with van der Waals surface area (Å²) in [5.41, 5.74) is 1.92. The molecule has 0 amide bonds. The van der Waals surface area contributed by atoms with Gasteiger partial charge in [0.1, 0.15) is 12.4 Å². The van der Waals surface area contributed by atoms with Gasteiger partial charge in [0, 0.05) is 6.92 Å². The summed E-state index contributed by atoms with van der Waals surface area (Å²) in [4.78, 5) is 54.8. The Morgan fingerprint density at radius 2 is 1.76 bits per heavy atom. The van der Waals surface area contributed by atoms with E-state index < -0.39 is 23.9 Å². The molecule has 10 heteroatoms. The number of thiazole rings is 1. The zero-order valence-corrected chi connectivity index (χ0v) is 21.7. The maximum atomic E-state index is 13.7. The van der Waals surface area contributed by atoms with Gasteiger partial charge in [0.2, 0.25) is 0 Å². The monoisotopic (exact) mass is 532 g/mol. The van der Waals surface area contributed by atoms with Crippen LogP contribution in [0.5, 0.6) is 5.75 Å². The molecule has 1 aliphatic rings. The number of ether oxygens (including phenoxy) is 3.